The Morgan fingerprint density at radius 3 is 2.31 bits per heavy atom. The lowest BCUT2D eigenvalue weighted by Crippen LogP contribution is -2.40. The van der Waals surface area contributed by atoms with E-state index in [1.54, 1.807) is 32.9 Å². The molecular formula is C22H36N4O5S. The Bertz CT molecular complexity index is 901. The molecule has 1 saturated heterocycles. The summed E-state index contributed by atoms with van der Waals surface area (Å²) in [7, 11) is -3.69. The average Bonchev–Trinajstić information content (AvgIpc) is 2.75. The van der Waals surface area contributed by atoms with Gasteiger partial charge in [0.2, 0.25) is 21.8 Å². The number of morpholine rings is 1. The zero-order chi connectivity index (χ0) is 23.9. The predicted molar refractivity (Wildman–Crippen MR) is 125 cm³/mol. The van der Waals surface area contributed by atoms with Crippen LogP contribution in [-0.2, 0) is 24.3 Å². The summed E-state index contributed by atoms with van der Waals surface area (Å²) < 4.78 is 32.8. The zero-order valence-corrected chi connectivity index (χ0v) is 20.5. The number of nitrogens with zero attached hydrogens (tertiary/aromatic N) is 2. The van der Waals surface area contributed by atoms with E-state index in [-0.39, 0.29) is 29.7 Å². The molecule has 1 aromatic rings. The van der Waals surface area contributed by atoms with Gasteiger partial charge >= 0.3 is 0 Å². The number of sulfonamides is 1. The molecule has 0 radical (unpaired) electrons. The Labute approximate surface area is 191 Å². The van der Waals surface area contributed by atoms with E-state index in [0.29, 0.717) is 45.1 Å². The van der Waals surface area contributed by atoms with Gasteiger partial charge < -0.3 is 20.3 Å². The van der Waals surface area contributed by atoms with Crippen molar-refractivity contribution in [3.8, 4) is 0 Å². The van der Waals surface area contributed by atoms with Crippen LogP contribution in [0.5, 0.6) is 0 Å². The van der Waals surface area contributed by atoms with Crippen molar-refractivity contribution < 1.29 is 22.7 Å². The number of hydrogen-bond donors (Lipinski definition) is 2. The number of carbonyl (C=O) groups is 2. The number of ether oxygens (including phenoxy) is 1. The molecule has 2 rings (SSSR count). The Hall–Kier alpha value is -2.17. The Kier molecular flexibility index (Phi) is 9.06. The van der Waals surface area contributed by atoms with Gasteiger partial charge in [-0.2, -0.15) is 4.31 Å². The van der Waals surface area contributed by atoms with Gasteiger partial charge in [0.25, 0.3) is 0 Å². The molecule has 2 N–H and O–H groups in total. The van der Waals surface area contributed by atoms with Gasteiger partial charge in [-0.3, -0.25) is 9.59 Å². The number of nitrogens with one attached hydrogen (secondary N) is 2. The lowest BCUT2D eigenvalue weighted by molar-refractivity contribution is -0.128. The van der Waals surface area contributed by atoms with Crippen molar-refractivity contribution in [3.63, 3.8) is 0 Å². The molecule has 1 heterocycles. The molecule has 10 heteroatoms. The number of amides is 2. The minimum atomic E-state index is -3.69. The van der Waals surface area contributed by atoms with Crippen molar-refractivity contribution in [2.45, 2.75) is 45.9 Å². The van der Waals surface area contributed by atoms with Gasteiger partial charge in [0.15, 0.2) is 0 Å². The summed E-state index contributed by atoms with van der Waals surface area (Å²) in [4.78, 5) is 26.8. The van der Waals surface area contributed by atoms with E-state index in [1.807, 2.05) is 18.7 Å². The molecule has 1 aromatic carbocycles. The van der Waals surface area contributed by atoms with Crippen molar-refractivity contribution >= 4 is 33.2 Å². The molecule has 1 fully saturated rings. The van der Waals surface area contributed by atoms with Crippen molar-refractivity contribution in [2.75, 3.05) is 56.2 Å². The Morgan fingerprint density at radius 1 is 1.12 bits per heavy atom. The van der Waals surface area contributed by atoms with E-state index in [9.17, 15) is 18.0 Å². The number of hydrogen-bond acceptors (Lipinski definition) is 6. The minimum absolute atomic E-state index is 0.0833. The highest BCUT2D eigenvalue weighted by molar-refractivity contribution is 7.89. The monoisotopic (exact) mass is 468 g/mol. The molecule has 1 aliphatic rings. The van der Waals surface area contributed by atoms with Crippen molar-refractivity contribution in [2.24, 2.45) is 5.41 Å². The van der Waals surface area contributed by atoms with E-state index in [1.165, 1.54) is 10.4 Å². The van der Waals surface area contributed by atoms with Crippen LogP contribution in [0.15, 0.2) is 23.1 Å². The molecular weight excluding hydrogens is 432 g/mol. The maximum Gasteiger partial charge on any atom is 0.243 e. The third-order valence-corrected chi connectivity index (χ3v) is 7.17. The van der Waals surface area contributed by atoms with Gasteiger partial charge in [0, 0.05) is 44.6 Å². The van der Waals surface area contributed by atoms with Gasteiger partial charge in [0.1, 0.15) is 0 Å². The van der Waals surface area contributed by atoms with Crippen LogP contribution < -0.4 is 15.5 Å². The molecule has 0 bridgehead atoms. The van der Waals surface area contributed by atoms with E-state index in [2.05, 4.69) is 10.6 Å². The van der Waals surface area contributed by atoms with Crippen LogP contribution in [0.3, 0.4) is 0 Å². The largest absolute Gasteiger partial charge is 0.379 e. The topological polar surface area (TPSA) is 108 Å². The fraction of sp³-hybridized carbons (Fsp3) is 0.636. The first kappa shape index (κ1) is 26.1. The Balaban J connectivity index is 2.22. The highest BCUT2D eigenvalue weighted by Gasteiger charge is 2.27. The SMILES string of the molecule is CCN(CC)c1ccc(S(=O)(=O)N2CCOCC2)cc1NC(=O)CCNC(=O)C(C)(C)C. The fourth-order valence-corrected chi connectivity index (χ4v) is 4.75. The first-order valence-electron chi connectivity index (χ1n) is 11.1. The molecule has 9 nitrogen and oxygen atoms in total. The minimum Gasteiger partial charge on any atom is -0.379 e. The summed E-state index contributed by atoms with van der Waals surface area (Å²) in [5, 5.41) is 5.60. The van der Waals surface area contributed by atoms with E-state index >= 15 is 0 Å². The third kappa shape index (κ3) is 6.66. The lowest BCUT2D eigenvalue weighted by atomic mass is 9.96. The maximum absolute atomic E-state index is 13.1. The molecule has 2 amide bonds. The van der Waals surface area contributed by atoms with Gasteiger partial charge in [-0.25, -0.2) is 8.42 Å². The first-order chi connectivity index (χ1) is 15.0. The van der Waals surface area contributed by atoms with Crippen LogP contribution in [0.25, 0.3) is 0 Å². The summed E-state index contributed by atoms with van der Waals surface area (Å²) in [6.45, 7) is 12.3. The maximum atomic E-state index is 13.1. The van der Waals surface area contributed by atoms with Crippen LogP contribution in [-0.4, -0.2) is 70.5 Å². The second kappa shape index (κ2) is 11.1. The molecule has 0 aliphatic carbocycles. The van der Waals surface area contributed by atoms with Gasteiger partial charge in [-0.1, -0.05) is 20.8 Å². The number of rotatable bonds is 9. The van der Waals surface area contributed by atoms with E-state index in [0.717, 1.165) is 5.69 Å². The molecule has 1 aliphatic heterocycles. The molecule has 0 aromatic heterocycles. The second-order valence-corrected chi connectivity index (χ2v) is 10.6. The zero-order valence-electron chi connectivity index (χ0n) is 19.7. The average molecular weight is 469 g/mol. The summed E-state index contributed by atoms with van der Waals surface area (Å²) in [5.74, 6) is -0.429. The third-order valence-electron chi connectivity index (χ3n) is 5.27. The molecule has 32 heavy (non-hydrogen) atoms. The molecule has 180 valence electrons. The summed E-state index contributed by atoms with van der Waals surface area (Å²) in [6, 6.07) is 4.83. The fourth-order valence-electron chi connectivity index (χ4n) is 3.32. The number of benzene rings is 1. The molecule has 0 atom stereocenters. The summed E-state index contributed by atoms with van der Waals surface area (Å²) >= 11 is 0. The summed E-state index contributed by atoms with van der Waals surface area (Å²) in [6.07, 6.45) is 0.0833. The molecule has 0 spiro atoms. The van der Waals surface area contributed by atoms with Gasteiger partial charge in [-0.15, -0.1) is 0 Å². The quantitative estimate of drug-likeness (QED) is 0.574. The standard InChI is InChI=1S/C22H36N4O5S/c1-6-25(7-2)19-9-8-17(32(29,30)26-12-14-31-15-13-26)16-18(19)24-20(27)10-11-23-21(28)22(3,4)5/h8-9,16H,6-7,10-15H2,1-5H3,(H,23,28)(H,24,27). The van der Waals surface area contributed by atoms with Crippen LogP contribution in [0.2, 0.25) is 0 Å². The van der Waals surface area contributed by atoms with Crippen LogP contribution in [0, 0.1) is 5.41 Å². The number of anilines is 2. The highest BCUT2D eigenvalue weighted by Crippen LogP contribution is 2.30. The van der Waals surface area contributed by atoms with E-state index in [4.69, 9.17) is 4.74 Å². The molecule has 0 unspecified atom stereocenters. The van der Waals surface area contributed by atoms with Gasteiger partial charge in [-0.05, 0) is 32.0 Å². The van der Waals surface area contributed by atoms with Crippen LogP contribution in [0.1, 0.15) is 41.0 Å². The lowest BCUT2D eigenvalue weighted by Gasteiger charge is -2.28. The highest BCUT2D eigenvalue weighted by atomic mass is 32.2. The normalized spacial score (nSPS) is 15.3. The van der Waals surface area contributed by atoms with Crippen molar-refractivity contribution in [3.05, 3.63) is 18.2 Å². The summed E-state index contributed by atoms with van der Waals surface area (Å²) in [5.41, 5.74) is 0.660. The predicted octanol–water partition coefficient (Wildman–Crippen LogP) is 2.04. The second-order valence-electron chi connectivity index (χ2n) is 8.67. The smallest absolute Gasteiger partial charge is 0.243 e. The molecule has 0 saturated carbocycles. The van der Waals surface area contributed by atoms with Gasteiger partial charge in [0.05, 0.1) is 29.5 Å². The van der Waals surface area contributed by atoms with Crippen molar-refractivity contribution in [1.29, 1.82) is 0 Å². The van der Waals surface area contributed by atoms with Crippen LogP contribution in [0.4, 0.5) is 11.4 Å². The first-order valence-corrected chi connectivity index (χ1v) is 12.5. The van der Waals surface area contributed by atoms with E-state index < -0.39 is 15.4 Å². The van der Waals surface area contributed by atoms with Crippen molar-refractivity contribution in [1.82, 2.24) is 9.62 Å². The van der Waals surface area contributed by atoms with Crippen LogP contribution >= 0.6 is 0 Å². The number of carbonyl (C=O) groups excluding carboxylic acids is 2. The Morgan fingerprint density at radius 2 is 1.75 bits per heavy atom.